The molecule has 0 aliphatic heterocycles. The number of benzene rings is 1. The van der Waals surface area contributed by atoms with Crippen LogP contribution < -0.4 is 5.32 Å². The van der Waals surface area contributed by atoms with Crippen molar-refractivity contribution in [2.75, 3.05) is 6.61 Å². The summed E-state index contributed by atoms with van der Waals surface area (Å²) in [7, 11) is 0. The maximum Gasteiger partial charge on any atom is 0.272 e. The van der Waals surface area contributed by atoms with Gasteiger partial charge < -0.3 is 10.4 Å². The number of hydrogen-bond acceptors (Lipinski definition) is 3. The Hall–Kier alpha value is -1.88. The van der Waals surface area contributed by atoms with Gasteiger partial charge in [0.25, 0.3) is 5.91 Å². The Kier molecular flexibility index (Phi) is 2.85. The number of rotatable bonds is 3. The summed E-state index contributed by atoms with van der Waals surface area (Å²) in [5, 5.41) is 19.4. The number of fused-ring (bicyclic) bond motifs is 1. The van der Waals surface area contributed by atoms with Crippen molar-refractivity contribution in [1.29, 1.82) is 0 Å². The number of aliphatic hydroxyl groups excluding tert-OH is 1. The molecule has 5 heteroatoms. The molecule has 0 unspecified atom stereocenters. The molecule has 0 aliphatic rings. The summed E-state index contributed by atoms with van der Waals surface area (Å²) in [4.78, 5) is 12.0. The number of aliphatic hydroxyl groups is 1. The molecule has 1 heterocycles. The van der Waals surface area contributed by atoms with Crippen LogP contribution in [0.5, 0.6) is 0 Å². The van der Waals surface area contributed by atoms with Crippen LogP contribution in [0.4, 0.5) is 0 Å². The van der Waals surface area contributed by atoms with Crippen molar-refractivity contribution in [3.63, 3.8) is 0 Å². The van der Waals surface area contributed by atoms with E-state index in [0.29, 0.717) is 5.69 Å². The molecule has 2 rings (SSSR count). The van der Waals surface area contributed by atoms with Gasteiger partial charge in [-0.05, 0) is 19.9 Å². The molecule has 2 aromatic rings. The van der Waals surface area contributed by atoms with E-state index in [4.69, 9.17) is 5.11 Å². The quantitative estimate of drug-likeness (QED) is 0.741. The molecule has 0 saturated carbocycles. The Morgan fingerprint density at radius 3 is 2.88 bits per heavy atom. The molecule has 0 bridgehead atoms. The molecule has 0 spiro atoms. The first kappa shape index (κ1) is 11.6. The van der Waals surface area contributed by atoms with E-state index in [1.54, 1.807) is 13.8 Å². The van der Waals surface area contributed by atoms with E-state index in [1.807, 2.05) is 24.3 Å². The zero-order chi connectivity index (χ0) is 12.5. The van der Waals surface area contributed by atoms with Gasteiger partial charge in [0.15, 0.2) is 5.69 Å². The summed E-state index contributed by atoms with van der Waals surface area (Å²) >= 11 is 0. The van der Waals surface area contributed by atoms with E-state index in [2.05, 4.69) is 15.5 Å². The number of hydrogen-bond donors (Lipinski definition) is 3. The Morgan fingerprint density at radius 1 is 1.47 bits per heavy atom. The lowest BCUT2D eigenvalue weighted by Crippen LogP contribution is -2.46. The fourth-order valence-corrected chi connectivity index (χ4v) is 1.54. The van der Waals surface area contributed by atoms with Crippen LogP contribution in [0.15, 0.2) is 24.3 Å². The largest absolute Gasteiger partial charge is 0.394 e. The molecule has 1 aromatic heterocycles. The molecule has 1 aromatic carbocycles. The van der Waals surface area contributed by atoms with Crippen molar-refractivity contribution < 1.29 is 9.90 Å². The number of carbonyl (C=O) groups is 1. The van der Waals surface area contributed by atoms with E-state index < -0.39 is 5.54 Å². The number of aromatic nitrogens is 2. The van der Waals surface area contributed by atoms with Gasteiger partial charge in [0, 0.05) is 5.39 Å². The number of amides is 1. The highest BCUT2D eigenvalue weighted by atomic mass is 16.3. The van der Waals surface area contributed by atoms with Gasteiger partial charge in [0.1, 0.15) is 0 Å². The number of aromatic amines is 1. The van der Waals surface area contributed by atoms with Crippen molar-refractivity contribution in [1.82, 2.24) is 15.5 Å². The minimum absolute atomic E-state index is 0.124. The molecular formula is C12H15N3O2. The zero-order valence-corrected chi connectivity index (χ0v) is 9.82. The molecule has 1 amide bonds. The third-order valence-corrected chi connectivity index (χ3v) is 2.53. The fourth-order valence-electron chi connectivity index (χ4n) is 1.54. The van der Waals surface area contributed by atoms with E-state index in [-0.39, 0.29) is 12.5 Å². The van der Waals surface area contributed by atoms with Crippen molar-refractivity contribution in [3.05, 3.63) is 30.0 Å². The molecule has 0 atom stereocenters. The van der Waals surface area contributed by atoms with Crippen LogP contribution in [-0.2, 0) is 0 Å². The van der Waals surface area contributed by atoms with E-state index in [9.17, 15) is 4.79 Å². The highest BCUT2D eigenvalue weighted by molar-refractivity contribution is 6.04. The topological polar surface area (TPSA) is 78.0 Å². The van der Waals surface area contributed by atoms with E-state index in [0.717, 1.165) is 10.9 Å². The SMILES string of the molecule is CC(C)(CO)NC(=O)c1n[nH]c2ccccc12. The number of nitrogens with zero attached hydrogens (tertiary/aromatic N) is 1. The van der Waals surface area contributed by atoms with Crippen LogP contribution in [0.1, 0.15) is 24.3 Å². The first-order chi connectivity index (χ1) is 8.03. The lowest BCUT2D eigenvalue weighted by atomic mass is 10.1. The van der Waals surface area contributed by atoms with Crippen molar-refractivity contribution in [2.24, 2.45) is 0 Å². The summed E-state index contributed by atoms with van der Waals surface area (Å²) in [6.07, 6.45) is 0. The van der Waals surface area contributed by atoms with Gasteiger partial charge in [-0.3, -0.25) is 9.89 Å². The van der Waals surface area contributed by atoms with Crippen LogP contribution in [0.25, 0.3) is 10.9 Å². The first-order valence-electron chi connectivity index (χ1n) is 5.40. The molecular weight excluding hydrogens is 218 g/mol. The molecule has 90 valence electrons. The van der Waals surface area contributed by atoms with Crippen LogP contribution in [0.3, 0.4) is 0 Å². The summed E-state index contributed by atoms with van der Waals surface area (Å²) in [6, 6.07) is 7.42. The van der Waals surface area contributed by atoms with E-state index in [1.165, 1.54) is 0 Å². The highest BCUT2D eigenvalue weighted by Crippen LogP contribution is 2.15. The summed E-state index contributed by atoms with van der Waals surface area (Å²) in [5.74, 6) is -0.290. The van der Waals surface area contributed by atoms with Crippen LogP contribution in [-0.4, -0.2) is 33.4 Å². The van der Waals surface area contributed by atoms with Crippen LogP contribution >= 0.6 is 0 Å². The summed E-state index contributed by atoms with van der Waals surface area (Å²) in [6.45, 7) is 3.38. The molecule has 0 aliphatic carbocycles. The van der Waals surface area contributed by atoms with Crippen molar-refractivity contribution >= 4 is 16.8 Å². The fraction of sp³-hybridized carbons (Fsp3) is 0.333. The Balaban J connectivity index is 2.31. The molecule has 0 radical (unpaired) electrons. The molecule has 0 saturated heterocycles. The second-order valence-electron chi connectivity index (χ2n) is 4.61. The summed E-state index contributed by atoms with van der Waals surface area (Å²) in [5.41, 5.74) is 0.513. The number of para-hydroxylation sites is 1. The number of H-pyrrole nitrogens is 1. The molecule has 5 nitrogen and oxygen atoms in total. The smallest absolute Gasteiger partial charge is 0.272 e. The molecule has 17 heavy (non-hydrogen) atoms. The highest BCUT2D eigenvalue weighted by Gasteiger charge is 2.22. The molecule has 3 N–H and O–H groups in total. The normalized spacial score (nSPS) is 11.7. The third-order valence-electron chi connectivity index (χ3n) is 2.53. The van der Waals surface area contributed by atoms with Gasteiger partial charge in [-0.15, -0.1) is 0 Å². The lowest BCUT2D eigenvalue weighted by Gasteiger charge is -2.22. The standard InChI is InChI=1S/C12H15N3O2/c1-12(2,7-16)13-11(17)10-8-5-3-4-6-9(8)14-15-10/h3-6,16H,7H2,1-2H3,(H,13,17)(H,14,15). The average molecular weight is 233 g/mol. The predicted octanol–water partition coefficient (Wildman–Crippen LogP) is 1.06. The predicted molar refractivity (Wildman–Crippen MR) is 64.7 cm³/mol. The van der Waals surface area contributed by atoms with Crippen molar-refractivity contribution in [3.8, 4) is 0 Å². The number of nitrogens with one attached hydrogen (secondary N) is 2. The average Bonchev–Trinajstić information content (AvgIpc) is 2.72. The minimum atomic E-state index is -0.656. The van der Waals surface area contributed by atoms with Gasteiger partial charge in [0.2, 0.25) is 0 Å². The Bertz CT molecular complexity index is 545. The second kappa shape index (κ2) is 4.18. The third kappa shape index (κ3) is 2.29. The van der Waals surface area contributed by atoms with Crippen molar-refractivity contribution in [2.45, 2.75) is 19.4 Å². The molecule has 0 fully saturated rings. The van der Waals surface area contributed by atoms with Crippen LogP contribution in [0, 0.1) is 0 Å². The minimum Gasteiger partial charge on any atom is -0.394 e. The van der Waals surface area contributed by atoms with Gasteiger partial charge in [-0.1, -0.05) is 18.2 Å². The van der Waals surface area contributed by atoms with Gasteiger partial charge >= 0.3 is 0 Å². The van der Waals surface area contributed by atoms with Gasteiger partial charge in [0.05, 0.1) is 17.7 Å². The maximum absolute atomic E-state index is 12.0. The lowest BCUT2D eigenvalue weighted by molar-refractivity contribution is 0.0866. The second-order valence-corrected chi connectivity index (χ2v) is 4.61. The zero-order valence-electron chi connectivity index (χ0n) is 9.82. The summed E-state index contributed by atoms with van der Waals surface area (Å²) < 4.78 is 0. The Labute approximate surface area is 98.8 Å². The monoisotopic (exact) mass is 233 g/mol. The Morgan fingerprint density at radius 2 is 2.18 bits per heavy atom. The van der Waals surface area contributed by atoms with Gasteiger partial charge in [-0.2, -0.15) is 5.10 Å². The van der Waals surface area contributed by atoms with Crippen LogP contribution in [0.2, 0.25) is 0 Å². The first-order valence-corrected chi connectivity index (χ1v) is 5.40. The maximum atomic E-state index is 12.0. The van der Waals surface area contributed by atoms with Gasteiger partial charge in [-0.25, -0.2) is 0 Å². The number of carbonyl (C=O) groups excluding carboxylic acids is 1. The van der Waals surface area contributed by atoms with E-state index >= 15 is 0 Å².